The number of carbonyl (C=O) groups excluding carboxylic acids is 1. The summed E-state index contributed by atoms with van der Waals surface area (Å²) in [5.41, 5.74) is 1.56. The number of benzene rings is 1. The molecule has 26 heavy (non-hydrogen) atoms. The number of pyridine rings is 1. The first-order valence-electron chi connectivity index (χ1n) is 8.71. The van der Waals surface area contributed by atoms with Gasteiger partial charge in [0, 0.05) is 24.8 Å². The molecule has 0 radical (unpaired) electrons. The van der Waals surface area contributed by atoms with E-state index in [1.54, 1.807) is 30.4 Å². The molecule has 0 bridgehead atoms. The van der Waals surface area contributed by atoms with Crippen molar-refractivity contribution in [1.29, 1.82) is 0 Å². The number of aromatic nitrogens is 2. The van der Waals surface area contributed by atoms with Crippen LogP contribution < -0.4 is 15.8 Å². The van der Waals surface area contributed by atoms with Crippen molar-refractivity contribution in [2.75, 3.05) is 18.0 Å². The maximum Gasteiger partial charge on any atom is 0.260 e. The minimum absolute atomic E-state index is 0.00367. The number of nitrogens with zero attached hydrogens (tertiary/aromatic N) is 2. The SMILES string of the molecule is Cc1ccc(C(=O)N[C@@H]2CCCN(c3nc4ccccc4s3)C2)c(=O)[nH]1. The number of thiazole rings is 1. The Morgan fingerprint density at radius 1 is 1.31 bits per heavy atom. The van der Waals surface area contributed by atoms with Crippen molar-refractivity contribution in [3.8, 4) is 0 Å². The highest BCUT2D eigenvalue weighted by atomic mass is 32.1. The maximum atomic E-state index is 12.5. The zero-order chi connectivity index (χ0) is 18.1. The number of anilines is 1. The van der Waals surface area contributed by atoms with Crippen LogP contribution in [0, 0.1) is 6.92 Å². The minimum atomic E-state index is -0.346. The Balaban J connectivity index is 1.48. The first-order chi connectivity index (χ1) is 12.6. The summed E-state index contributed by atoms with van der Waals surface area (Å²) in [6.07, 6.45) is 1.88. The van der Waals surface area contributed by atoms with Crippen LogP contribution in [0.2, 0.25) is 0 Å². The molecule has 1 aromatic carbocycles. The van der Waals surface area contributed by atoms with Gasteiger partial charge in [0.1, 0.15) is 5.56 Å². The van der Waals surface area contributed by atoms with Gasteiger partial charge in [-0.2, -0.15) is 0 Å². The van der Waals surface area contributed by atoms with Gasteiger partial charge in [0.05, 0.1) is 10.2 Å². The van der Waals surface area contributed by atoms with Crippen LogP contribution in [0.25, 0.3) is 10.2 Å². The van der Waals surface area contributed by atoms with Crippen LogP contribution in [0.1, 0.15) is 28.9 Å². The van der Waals surface area contributed by atoms with E-state index in [0.29, 0.717) is 6.54 Å². The highest BCUT2D eigenvalue weighted by molar-refractivity contribution is 7.22. The van der Waals surface area contributed by atoms with Crippen molar-refractivity contribution in [2.45, 2.75) is 25.8 Å². The molecule has 3 aromatic rings. The molecule has 1 atom stereocenters. The third-order valence-corrected chi connectivity index (χ3v) is 5.71. The zero-order valence-corrected chi connectivity index (χ0v) is 15.3. The maximum absolute atomic E-state index is 12.5. The van der Waals surface area contributed by atoms with E-state index in [1.807, 2.05) is 18.2 Å². The van der Waals surface area contributed by atoms with E-state index in [0.717, 1.165) is 35.7 Å². The topological polar surface area (TPSA) is 78.1 Å². The summed E-state index contributed by atoms with van der Waals surface area (Å²) < 4.78 is 1.17. The van der Waals surface area contributed by atoms with Crippen LogP contribution in [0.5, 0.6) is 0 Å². The Bertz CT molecular complexity index is 977. The average molecular weight is 368 g/mol. The van der Waals surface area contributed by atoms with Crippen molar-refractivity contribution >= 4 is 32.6 Å². The fourth-order valence-electron chi connectivity index (χ4n) is 3.28. The summed E-state index contributed by atoms with van der Waals surface area (Å²) in [5.74, 6) is -0.317. The van der Waals surface area contributed by atoms with Gasteiger partial charge in [-0.1, -0.05) is 23.5 Å². The molecule has 0 aliphatic carbocycles. The molecule has 1 aliphatic rings. The van der Waals surface area contributed by atoms with Crippen molar-refractivity contribution in [1.82, 2.24) is 15.3 Å². The van der Waals surface area contributed by atoms with Gasteiger partial charge in [-0.3, -0.25) is 9.59 Å². The molecule has 2 N–H and O–H groups in total. The van der Waals surface area contributed by atoms with E-state index in [4.69, 9.17) is 4.98 Å². The number of para-hydroxylation sites is 1. The number of amides is 1. The Kier molecular flexibility index (Phi) is 4.46. The monoisotopic (exact) mass is 368 g/mol. The molecule has 4 rings (SSSR count). The number of piperidine rings is 1. The van der Waals surface area contributed by atoms with Gasteiger partial charge in [0.2, 0.25) is 0 Å². The molecule has 6 nitrogen and oxygen atoms in total. The molecule has 2 aromatic heterocycles. The van der Waals surface area contributed by atoms with E-state index in [2.05, 4.69) is 21.3 Å². The number of aryl methyl sites for hydroxylation is 1. The van der Waals surface area contributed by atoms with Gasteiger partial charge in [-0.05, 0) is 44.0 Å². The second kappa shape index (κ2) is 6.92. The molecule has 1 fully saturated rings. The summed E-state index contributed by atoms with van der Waals surface area (Å²) in [6.45, 7) is 3.42. The van der Waals surface area contributed by atoms with Gasteiger partial charge in [0.15, 0.2) is 5.13 Å². The first-order valence-corrected chi connectivity index (χ1v) is 9.53. The van der Waals surface area contributed by atoms with E-state index in [9.17, 15) is 9.59 Å². The van der Waals surface area contributed by atoms with Gasteiger partial charge in [0.25, 0.3) is 11.5 Å². The van der Waals surface area contributed by atoms with Crippen LogP contribution in [0.15, 0.2) is 41.2 Å². The molecule has 0 saturated carbocycles. The fourth-order valence-corrected chi connectivity index (χ4v) is 4.28. The lowest BCUT2D eigenvalue weighted by Crippen LogP contribution is -2.48. The fraction of sp³-hybridized carbons (Fsp3) is 0.316. The largest absolute Gasteiger partial charge is 0.347 e. The summed E-state index contributed by atoms with van der Waals surface area (Å²) in [7, 11) is 0. The average Bonchev–Trinajstić information content (AvgIpc) is 3.06. The number of H-pyrrole nitrogens is 1. The zero-order valence-electron chi connectivity index (χ0n) is 14.5. The number of hydrogen-bond acceptors (Lipinski definition) is 5. The minimum Gasteiger partial charge on any atom is -0.347 e. The third-order valence-electron chi connectivity index (χ3n) is 4.61. The van der Waals surface area contributed by atoms with Gasteiger partial charge in [-0.25, -0.2) is 4.98 Å². The summed E-state index contributed by atoms with van der Waals surface area (Å²) in [6, 6.07) is 11.4. The molecule has 1 aliphatic heterocycles. The standard InChI is InChI=1S/C19H20N4O2S/c1-12-8-9-14(17(24)20-12)18(25)21-13-5-4-10-23(11-13)19-22-15-6-2-3-7-16(15)26-19/h2-3,6-9,13H,4-5,10-11H2,1H3,(H,20,24)(H,21,25)/t13-/m1/s1. The van der Waals surface area contributed by atoms with Gasteiger partial charge >= 0.3 is 0 Å². The smallest absolute Gasteiger partial charge is 0.260 e. The normalized spacial score (nSPS) is 17.4. The van der Waals surface area contributed by atoms with Crippen LogP contribution in [-0.4, -0.2) is 35.0 Å². The predicted molar refractivity (Wildman–Crippen MR) is 104 cm³/mol. The molecule has 0 unspecified atom stereocenters. The molecular formula is C19H20N4O2S. The van der Waals surface area contributed by atoms with Crippen molar-refractivity contribution in [3.05, 3.63) is 58.0 Å². The number of nitrogens with one attached hydrogen (secondary N) is 2. The van der Waals surface area contributed by atoms with Crippen LogP contribution in [0.3, 0.4) is 0 Å². The lowest BCUT2D eigenvalue weighted by Gasteiger charge is -2.32. The Morgan fingerprint density at radius 3 is 2.96 bits per heavy atom. The lowest BCUT2D eigenvalue weighted by atomic mass is 10.1. The quantitative estimate of drug-likeness (QED) is 0.745. The third kappa shape index (κ3) is 3.35. The van der Waals surface area contributed by atoms with Gasteiger partial charge < -0.3 is 15.2 Å². The molecule has 3 heterocycles. The molecule has 134 valence electrons. The number of fused-ring (bicyclic) bond motifs is 1. The molecular weight excluding hydrogens is 348 g/mol. The highest BCUT2D eigenvalue weighted by Gasteiger charge is 2.24. The number of rotatable bonds is 3. The van der Waals surface area contributed by atoms with E-state index >= 15 is 0 Å². The summed E-state index contributed by atoms with van der Waals surface area (Å²) in [4.78, 5) is 34.0. The van der Waals surface area contributed by atoms with Crippen molar-refractivity contribution in [3.63, 3.8) is 0 Å². The van der Waals surface area contributed by atoms with Crippen molar-refractivity contribution < 1.29 is 4.79 Å². The van der Waals surface area contributed by atoms with Crippen LogP contribution in [0.4, 0.5) is 5.13 Å². The Labute approximate surface area is 154 Å². The number of carbonyl (C=O) groups is 1. The lowest BCUT2D eigenvalue weighted by molar-refractivity contribution is 0.0931. The molecule has 7 heteroatoms. The second-order valence-corrected chi connectivity index (χ2v) is 7.62. The van der Waals surface area contributed by atoms with E-state index in [1.165, 1.54) is 4.70 Å². The molecule has 0 spiro atoms. The second-order valence-electron chi connectivity index (χ2n) is 6.61. The van der Waals surface area contributed by atoms with Crippen molar-refractivity contribution in [2.24, 2.45) is 0 Å². The summed E-state index contributed by atoms with van der Waals surface area (Å²) >= 11 is 1.67. The molecule has 1 amide bonds. The summed E-state index contributed by atoms with van der Waals surface area (Å²) in [5, 5.41) is 3.99. The Hall–Kier alpha value is -2.67. The molecule has 1 saturated heterocycles. The predicted octanol–water partition coefficient (Wildman–Crippen LogP) is 2.69. The number of aromatic amines is 1. The van der Waals surface area contributed by atoms with E-state index < -0.39 is 0 Å². The van der Waals surface area contributed by atoms with E-state index in [-0.39, 0.29) is 23.1 Å². The Morgan fingerprint density at radius 2 is 2.15 bits per heavy atom. The van der Waals surface area contributed by atoms with Crippen LogP contribution >= 0.6 is 11.3 Å². The highest BCUT2D eigenvalue weighted by Crippen LogP contribution is 2.30. The first kappa shape index (κ1) is 16.8. The number of hydrogen-bond donors (Lipinski definition) is 2. The van der Waals surface area contributed by atoms with Gasteiger partial charge in [-0.15, -0.1) is 0 Å². The van der Waals surface area contributed by atoms with Crippen LogP contribution in [-0.2, 0) is 0 Å².